The third-order valence-corrected chi connectivity index (χ3v) is 11.9. The molecule has 0 N–H and O–H groups in total. The van der Waals surface area contributed by atoms with Crippen molar-refractivity contribution in [3.63, 3.8) is 0 Å². The van der Waals surface area contributed by atoms with E-state index in [0.29, 0.717) is 12.8 Å². The molecule has 182 valence electrons. The van der Waals surface area contributed by atoms with Crippen LogP contribution in [-0.4, -0.2) is 36.0 Å². The van der Waals surface area contributed by atoms with Crippen molar-refractivity contribution in [2.45, 2.75) is 83.0 Å². The first kappa shape index (κ1) is 26.0. The van der Waals surface area contributed by atoms with Crippen LogP contribution in [0.4, 0.5) is 0 Å². The van der Waals surface area contributed by atoms with Gasteiger partial charge in [0.1, 0.15) is 6.61 Å². The van der Waals surface area contributed by atoms with E-state index in [1.54, 1.807) is 12.5 Å². The Balaban J connectivity index is 1.74. The number of rotatable bonds is 8. The van der Waals surface area contributed by atoms with Crippen LogP contribution in [0.25, 0.3) is 0 Å². The number of hydrogen-bond acceptors (Lipinski definition) is 6. The van der Waals surface area contributed by atoms with Gasteiger partial charge < -0.3 is 18.5 Å². The van der Waals surface area contributed by atoms with Gasteiger partial charge in [-0.05, 0) is 42.5 Å². The van der Waals surface area contributed by atoms with E-state index in [4.69, 9.17) is 13.9 Å². The fourth-order valence-corrected chi connectivity index (χ4v) is 5.62. The lowest BCUT2D eigenvalue weighted by atomic mass is 9.78. The monoisotopic (exact) mass is 490 g/mol. The molecule has 5 atom stereocenters. The number of carbonyl (C=O) groups is 1. The van der Waals surface area contributed by atoms with E-state index in [0.717, 1.165) is 5.56 Å². The highest BCUT2D eigenvalue weighted by Gasteiger charge is 2.46. The molecule has 0 spiro atoms. The predicted molar refractivity (Wildman–Crippen MR) is 135 cm³/mol. The molecule has 0 bridgehead atoms. The Morgan fingerprint density at radius 1 is 1.24 bits per heavy atom. The summed E-state index contributed by atoms with van der Waals surface area (Å²) in [6.45, 7) is 13.6. The molecule has 1 aromatic heterocycles. The van der Waals surface area contributed by atoms with Crippen LogP contribution in [0.2, 0.25) is 18.1 Å². The first-order chi connectivity index (χ1) is 15.5. The second-order valence-corrected chi connectivity index (χ2v) is 15.8. The van der Waals surface area contributed by atoms with Crippen molar-refractivity contribution >= 4 is 26.9 Å². The molecule has 5 unspecified atom stereocenters. The van der Waals surface area contributed by atoms with E-state index in [1.165, 1.54) is 0 Å². The zero-order chi connectivity index (χ0) is 24.2. The van der Waals surface area contributed by atoms with Crippen molar-refractivity contribution in [2.75, 3.05) is 0 Å². The molecule has 2 aromatic rings. The second-order valence-electron chi connectivity index (χ2n) is 10.6. The van der Waals surface area contributed by atoms with Crippen molar-refractivity contribution in [1.29, 1.82) is 0 Å². The van der Waals surface area contributed by atoms with Gasteiger partial charge in [0.2, 0.25) is 0 Å². The largest absolute Gasteiger partial charge is 0.461 e. The Labute approximate surface area is 204 Å². The van der Waals surface area contributed by atoms with Crippen LogP contribution < -0.4 is 0 Å². The lowest BCUT2D eigenvalue weighted by molar-refractivity contribution is -0.160. The number of hydrogen-bond donors (Lipinski definition) is 1. The number of ether oxygens (including phenoxy) is 2. The molecule has 8 heteroatoms. The molecule has 0 aliphatic heterocycles. The molecule has 0 saturated heterocycles. The Kier molecular flexibility index (Phi) is 8.48. The van der Waals surface area contributed by atoms with Crippen molar-refractivity contribution < 1.29 is 18.7 Å². The summed E-state index contributed by atoms with van der Waals surface area (Å²) in [5, 5.41) is 0.0479. The minimum atomic E-state index is -2.09. The molecule has 1 fully saturated rings. The van der Waals surface area contributed by atoms with Crippen LogP contribution >= 0.6 is 12.6 Å². The average Bonchev–Trinajstić information content (AvgIpc) is 3.29. The summed E-state index contributed by atoms with van der Waals surface area (Å²) in [6.07, 6.45) is 6.13. The average molecular weight is 491 g/mol. The third-order valence-electron chi connectivity index (χ3n) is 6.97. The van der Waals surface area contributed by atoms with Crippen LogP contribution in [0.15, 0.2) is 49.1 Å². The minimum absolute atomic E-state index is 0.0479. The molecular weight excluding hydrogens is 452 g/mol. The van der Waals surface area contributed by atoms with Gasteiger partial charge in [0.25, 0.3) is 0 Å². The molecule has 1 aromatic carbocycles. The first-order valence-corrected chi connectivity index (χ1v) is 15.1. The molecule has 3 rings (SSSR count). The quantitative estimate of drug-likeness (QED) is 0.218. The first-order valence-electron chi connectivity index (χ1n) is 11.7. The summed E-state index contributed by atoms with van der Waals surface area (Å²) >= 11 is 4.65. The van der Waals surface area contributed by atoms with Crippen LogP contribution in [0, 0.1) is 11.8 Å². The van der Waals surface area contributed by atoms with Crippen LogP contribution in [0.3, 0.4) is 0 Å². The van der Waals surface area contributed by atoms with Gasteiger partial charge in [-0.2, -0.15) is 0 Å². The number of imidazole rings is 1. The minimum Gasteiger partial charge on any atom is -0.461 e. The van der Waals surface area contributed by atoms with E-state index in [2.05, 4.69) is 58.4 Å². The second kappa shape index (κ2) is 10.8. The van der Waals surface area contributed by atoms with Crippen LogP contribution in [-0.2, 0) is 25.3 Å². The molecule has 1 aliphatic carbocycles. The van der Waals surface area contributed by atoms with Gasteiger partial charge in [-0.15, -0.1) is 12.6 Å². The highest BCUT2D eigenvalue weighted by Crippen LogP contribution is 2.42. The van der Waals surface area contributed by atoms with Crippen molar-refractivity contribution in [1.82, 2.24) is 9.55 Å². The smallest absolute Gasteiger partial charge is 0.309 e. The lowest BCUT2D eigenvalue weighted by Gasteiger charge is -2.46. The van der Waals surface area contributed by atoms with Crippen molar-refractivity contribution in [3.8, 4) is 0 Å². The molecule has 1 heterocycles. The van der Waals surface area contributed by atoms with Gasteiger partial charge in [0.15, 0.2) is 13.9 Å². The van der Waals surface area contributed by atoms with Crippen LogP contribution in [0.5, 0.6) is 0 Å². The maximum Gasteiger partial charge on any atom is 0.309 e. The maximum atomic E-state index is 13.0. The van der Waals surface area contributed by atoms with Gasteiger partial charge >= 0.3 is 5.97 Å². The number of nitrogens with zero attached hydrogens (tertiary/aromatic N) is 2. The summed E-state index contributed by atoms with van der Waals surface area (Å²) in [7, 11) is -2.09. The van der Waals surface area contributed by atoms with E-state index in [-0.39, 0.29) is 41.7 Å². The Morgan fingerprint density at radius 3 is 2.55 bits per heavy atom. The number of benzene rings is 1. The SMILES string of the molecule is CC1CC(C(=O)OCc2ccccc2)CC(O[Si](C)(C)C(C)(C)C)C1OC(S)n1ccnc1. The van der Waals surface area contributed by atoms with E-state index in [9.17, 15) is 4.79 Å². The fraction of sp³-hybridized carbons (Fsp3) is 0.600. The van der Waals surface area contributed by atoms with Gasteiger partial charge in [-0.3, -0.25) is 4.79 Å². The summed E-state index contributed by atoms with van der Waals surface area (Å²) in [5.74, 6) is -0.268. The highest BCUT2D eigenvalue weighted by atomic mass is 32.1. The lowest BCUT2D eigenvalue weighted by Crippen LogP contribution is -2.52. The molecular formula is C25H38N2O4SSi. The molecule has 1 saturated carbocycles. The van der Waals surface area contributed by atoms with Gasteiger partial charge in [0.05, 0.1) is 24.5 Å². The molecule has 33 heavy (non-hydrogen) atoms. The number of thiol groups is 1. The fourth-order valence-electron chi connectivity index (χ4n) is 4.00. The Bertz CT molecular complexity index is 886. The summed E-state index contributed by atoms with van der Waals surface area (Å²) in [6, 6.07) is 9.78. The normalized spacial score (nSPS) is 24.9. The zero-order valence-corrected chi connectivity index (χ0v) is 22.5. The standard InChI is InChI=1S/C25H38N2O4SSi/c1-18-14-20(23(28)29-16-19-10-8-7-9-11-19)15-21(31-33(5,6)25(2,3)4)22(18)30-24(32)27-13-12-26-17-27/h7-13,17-18,20-22,24,32H,14-16H2,1-6H3. The summed E-state index contributed by atoms with van der Waals surface area (Å²) < 4.78 is 20.7. The van der Waals surface area contributed by atoms with Crippen LogP contribution in [0.1, 0.15) is 51.7 Å². The van der Waals surface area contributed by atoms with Gasteiger partial charge in [-0.25, -0.2) is 4.98 Å². The third kappa shape index (κ3) is 6.71. The van der Waals surface area contributed by atoms with E-state index in [1.807, 2.05) is 41.1 Å². The predicted octanol–water partition coefficient (Wildman–Crippen LogP) is 5.83. The van der Waals surface area contributed by atoms with Gasteiger partial charge in [-0.1, -0.05) is 58.0 Å². The number of esters is 1. The van der Waals surface area contributed by atoms with Gasteiger partial charge in [0, 0.05) is 12.4 Å². The summed E-state index contributed by atoms with van der Waals surface area (Å²) in [5.41, 5.74) is 0.523. The van der Waals surface area contributed by atoms with E-state index < -0.39 is 13.9 Å². The summed E-state index contributed by atoms with van der Waals surface area (Å²) in [4.78, 5) is 17.1. The Hall–Kier alpha value is -1.61. The number of carbonyl (C=O) groups excluding carboxylic acids is 1. The topological polar surface area (TPSA) is 62.6 Å². The van der Waals surface area contributed by atoms with E-state index >= 15 is 0 Å². The highest BCUT2D eigenvalue weighted by molar-refractivity contribution is 7.80. The van der Waals surface area contributed by atoms with Crippen molar-refractivity contribution in [2.24, 2.45) is 11.8 Å². The molecule has 1 aliphatic rings. The number of aromatic nitrogens is 2. The molecule has 6 nitrogen and oxygen atoms in total. The zero-order valence-electron chi connectivity index (χ0n) is 20.6. The maximum absolute atomic E-state index is 13.0. The Morgan fingerprint density at radius 2 is 1.94 bits per heavy atom. The molecule has 0 radical (unpaired) electrons. The van der Waals surface area contributed by atoms with Crippen molar-refractivity contribution in [3.05, 3.63) is 54.6 Å². The molecule has 0 amide bonds.